The van der Waals surface area contributed by atoms with E-state index in [0.29, 0.717) is 30.1 Å². The van der Waals surface area contributed by atoms with Crippen LogP contribution in [-0.2, 0) is 4.79 Å². The molecule has 4 nitrogen and oxygen atoms in total. The predicted octanol–water partition coefficient (Wildman–Crippen LogP) is 4.69. The highest BCUT2D eigenvalue weighted by molar-refractivity contribution is 6.31. The van der Waals surface area contributed by atoms with E-state index < -0.39 is 17.3 Å². The number of nitrogens with zero attached hydrogens (tertiary/aromatic N) is 1. The van der Waals surface area contributed by atoms with E-state index in [1.807, 2.05) is 30.9 Å². The molecule has 2 fully saturated rings. The first kappa shape index (κ1) is 23.0. The number of halogens is 3. The molecule has 1 amide bonds. The summed E-state index contributed by atoms with van der Waals surface area (Å²) in [7, 11) is 0. The molecule has 2 aliphatic heterocycles. The van der Waals surface area contributed by atoms with Crippen LogP contribution in [0.5, 0.6) is 0 Å². The number of aliphatic hydroxyl groups excluding tert-OH is 1. The van der Waals surface area contributed by atoms with Crippen LogP contribution in [0.3, 0.4) is 0 Å². The molecule has 0 aromatic carbocycles. The van der Waals surface area contributed by atoms with Crippen LogP contribution in [-0.4, -0.2) is 40.6 Å². The van der Waals surface area contributed by atoms with Crippen molar-refractivity contribution in [2.45, 2.75) is 38.3 Å². The highest BCUT2D eigenvalue weighted by atomic mass is 35.5. The van der Waals surface area contributed by atoms with Gasteiger partial charge >= 0.3 is 0 Å². The third kappa shape index (κ3) is 4.09. The molecule has 1 spiro atoms. The molecule has 0 saturated carbocycles. The zero-order valence-corrected chi connectivity index (χ0v) is 18.7. The lowest BCUT2D eigenvalue weighted by molar-refractivity contribution is -0.132. The molecule has 0 aromatic rings. The molecule has 162 valence electrons. The van der Waals surface area contributed by atoms with Gasteiger partial charge in [0.15, 0.2) is 0 Å². The quantitative estimate of drug-likeness (QED) is 0.453. The summed E-state index contributed by atoms with van der Waals surface area (Å²) in [5, 5.41) is 13.9. The molecule has 0 bridgehead atoms. The Morgan fingerprint density at radius 2 is 2.23 bits per heavy atom. The summed E-state index contributed by atoms with van der Waals surface area (Å²) < 4.78 is 15.5. The van der Waals surface area contributed by atoms with Gasteiger partial charge in [-0.25, -0.2) is 4.39 Å². The van der Waals surface area contributed by atoms with Gasteiger partial charge in [-0.05, 0) is 44.9 Å². The number of allylic oxidation sites excluding steroid dienone is 8. The molecule has 3 aliphatic rings. The lowest BCUT2D eigenvalue weighted by Crippen LogP contribution is -2.59. The Kier molecular flexibility index (Phi) is 7.08. The van der Waals surface area contributed by atoms with Crippen LogP contribution in [0, 0.1) is 11.8 Å². The van der Waals surface area contributed by atoms with Crippen LogP contribution in [0.15, 0.2) is 70.2 Å². The van der Waals surface area contributed by atoms with Crippen molar-refractivity contribution in [1.82, 2.24) is 10.2 Å². The van der Waals surface area contributed by atoms with Crippen LogP contribution in [0.4, 0.5) is 4.39 Å². The molecule has 2 heterocycles. The molecule has 30 heavy (non-hydrogen) atoms. The first-order chi connectivity index (χ1) is 14.2. The molecule has 2 N–H and O–H groups in total. The normalized spacial score (nSPS) is 31.6. The largest absolute Gasteiger partial charge is 0.395 e. The number of likely N-dealkylation sites (tertiary alicyclic amines) is 1. The Balaban J connectivity index is 2.12. The summed E-state index contributed by atoms with van der Waals surface area (Å²) in [4.78, 5) is 15.4. The van der Waals surface area contributed by atoms with E-state index in [2.05, 4.69) is 11.9 Å². The maximum Gasteiger partial charge on any atom is 0.246 e. The van der Waals surface area contributed by atoms with Gasteiger partial charge in [0.05, 0.1) is 6.61 Å². The van der Waals surface area contributed by atoms with E-state index in [9.17, 15) is 9.90 Å². The van der Waals surface area contributed by atoms with E-state index in [4.69, 9.17) is 23.2 Å². The first-order valence-corrected chi connectivity index (χ1v) is 10.7. The topological polar surface area (TPSA) is 52.6 Å². The molecule has 0 radical (unpaired) electrons. The highest BCUT2D eigenvalue weighted by Gasteiger charge is 2.66. The summed E-state index contributed by atoms with van der Waals surface area (Å²) >= 11 is 11.9. The van der Waals surface area contributed by atoms with Crippen LogP contribution < -0.4 is 5.32 Å². The van der Waals surface area contributed by atoms with Gasteiger partial charge in [-0.1, -0.05) is 53.6 Å². The fourth-order valence-electron chi connectivity index (χ4n) is 4.85. The average molecular weight is 453 g/mol. The number of amides is 1. The predicted molar refractivity (Wildman–Crippen MR) is 119 cm³/mol. The van der Waals surface area contributed by atoms with Crippen LogP contribution in [0.25, 0.3) is 0 Å². The SMILES string of the molecule is C=C(Cl)/C=C\C=C(/F)[C@H]1C[C@H](CO)N(CC=C(C)C)[C@@]12C(=O)NC1=CC(Cl)=CCC12. The van der Waals surface area contributed by atoms with E-state index in [1.165, 1.54) is 18.2 Å². The van der Waals surface area contributed by atoms with Gasteiger partial charge in [0, 0.05) is 40.2 Å². The van der Waals surface area contributed by atoms with Gasteiger partial charge in [0.1, 0.15) is 11.4 Å². The minimum atomic E-state index is -1.15. The fourth-order valence-corrected chi connectivity index (χ4v) is 5.12. The summed E-state index contributed by atoms with van der Waals surface area (Å²) in [6.07, 6.45) is 10.8. The number of carbonyl (C=O) groups excluding carboxylic acids is 1. The Hall–Kier alpha value is -1.66. The van der Waals surface area contributed by atoms with Crippen molar-refractivity contribution in [3.63, 3.8) is 0 Å². The van der Waals surface area contributed by atoms with E-state index in [-0.39, 0.29) is 29.5 Å². The number of hydrogen-bond donors (Lipinski definition) is 2. The molecule has 2 saturated heterocycles. The lowest BCUT2D eigenvalue weighted by atomic mass is 9.72. The molecular formula is C23H27Cl2FN2O2. The number of aliphatic hydroxyl groups is 1. The molecule has 0 aromatic heterocycles. The van der Waals surface area contributed by atoms with Gasteiger partial charge in [0.25, 0.3) is 0 Å². The van der Waals surface area contributed by atoms with Crippen molar-refractivity contribution in [1.29, 1.82) is 0 Å². The summed E-state index contributed by atoms with van der Waals surface area (Å²) in [6.45, 7) is 7.79. The van der Waals surface area contributed by atoms with Crippen molar-refractivity contribution in [3.8, 4) is 0 Å². The Morgan fingerprint density at radius 3 is 2.87 bits per heavy atom. The maximum absolute atomic E-state index is 15.5. The molecule has 3 rings (SSSR count). The summed E-state index contributed by atoms with van der Waals surface area (Å²) in [5.41, 5.74) is 0.646. The van der Waals surface area contributed by atoms with Crippen molar-refractivity contribution >= 4 is 29.1 Å². The Labute approximate surface area is 187 Å². The van der Waals surface area contributed by atoms with E-state index >= 15 is 4.39 Å². The zero-order chi connectivity index (χ0) is 22.1. The van der Waals surface area contributed by atoms with Gasteiger partial charge in [-0.3, -0.25) is 9.69 Å². The van der Waals surface area contributed by atoms with Crippen LogP contribution in [0.2, 0.25) is 0 Å². The van der Waals surface area contributed by atoms with Crippen molar-refractivity contribution in [2.75, 3.05) is 13.2 Å². The number of nitrogens with one attached hydrogen (secondary N) is 1. The third-order valence-corrected chi connectivity index (χ3v) is 6.49. The number of hydrogen-bond acceptors (Lipinski definition) is 3. The highest BCUT2D eigenvalue weighted by Crippen LogP contribution is 2.54. The lowest BCUT2D eigenvalue weighted by Gasteiger charge is -2.42. The van der Waals surface area contributed by atoms with Crippen LogP contribution >= 0.6 is 23.2 Å². The maximum atomic E-state index is 15.5. The number of carbonyl (C=O) groups is 1. The molecular weight excluding hydrogens is 426 g/mol. The van der Waals surface area contributed by atoms with Gasteiger partial charge in [-0.15, -0.1) is 0 Å². The number of fused-ring (bicyclic) bond motifs is 2. The van der Waals surface area contributed by atoms with Crippen LogP contribution in [0.1, 0.15) is 26.7 Å². The standard InChI is InChI=1S/C23H27Cl2FN2O2/c1-14(2)9-10-28-17(13-29)12-19(20(26)6-4-5-15(3)24)23(28)18-8-7-16(25)11-21(18)27-22(23)30/h4-7,9,11,17-19,29H,3,8,10,12-13H2,1-2H3,(H,27,30)/b5-4-,20-6-/t17-,18?,19-,23-/m1/s1. The summed E-state index contributed by atoms with van der Waals surface area (Å²) in [6, 6.07) is -0.344. The smallest absolute Gasteiger partial charge is 0.246 e. The second-order valence-electron chi connectivity index (χ2n) is 8.17. The minimum Gasteiger partial charge on any atom is -0.395 e. The zero-order valence-electron chi connectivity index (χ0n) is 17.2. The second-order valence-corrected chi connectivity index (χ2v) is 9.09. The molecule has 1 unspecified atom stereocenters. The molecule has 4 atom stereocenters. The first-order valence-electron chi connectivity index (χ1n) is 9.99. The second kappa shape index (κ2) is 9.23. The van der Waals surface area contributed by atoms with Crippen molar-refractivity contribution in [3.05, 3.63) is 70.2 Å². The number of rotatable bonds is 6. The van der Waals surface area contributed by atoms with E-state index in [0.717, 1.165) is 5.57 Å². The van der Waals surface area contributed by atoms with E-state index in [1.54, 1.807) is 6.08 Å². The summed E-state index contributed by atoms with van der Waals surface area (Å²) in [5.74, 6) is -1.66. The Bertz CT molecular complexity index is 886. The van der Waals surface area contributed by atoms with Gasteiger partial charge in [0.2, 0.25) is 5.91 Å². The van der Waals surface area contributed by atoms with Crippen molar-refractivity contribution < 1.29 is 14.3 Å². The van der Waals surface area contributed by atoms with Crippen molar-refractivity contribution in [2.24, 2.45) is 11.8 Å². The average Bonchev–Trinajstić information content (AvgIpc) is 3.15. The molecule has 7 heteroatoms. The van der Waals surface area contributed by atoms with Gasteiger partial charge in [-0.2, -0.15) is 0 Å². The minimum absolute atomic E-state index is 0.161. The Morgan fingerprint density at radius 1 is 1.50 bits per heavy atom. The van der Waals surface area contributed by atoms with Gasteiger partial charge < -0.3 is 10.4 Å². The fraction of sp³-hybridized carbons (Fsp3) is 0.435. The molecule has 1 aliphatic carbocycles. The monoisotopic (exact) mass is 452 g/mol. The third-order valence-electron chi connectivity index (χ3n) is 6.10.